The fraction of sp³-hybridized carbons (Fsp3) is 0.250. The molecule has 27 heavy (non-hydrogen) atoms. The minimum atomic E-state index is -1.33. The fourth-order valence-corrected chi connectivity index (χ4v) is 2.19. The molecule has 0 bridgehead atoms. The van der Waals surface area contributed by atoms with Crippen LogP contribution in [0, 0.1) is 5.41 Å². The Bertz CT molecular complexity index is 844. The summed E-state index contributed by atoms with van der Waals surface area (Å²) in [6.07, 6.45) is 0. The topological polar surface area (TPSA) is 93.7 Å². The van der Waals surface area contributed by atoms with Gasteiger partial charge < -0.3 is 20.1 Å². The van der Waals surface area contributed by atoms with E-state index < -0.39 is 23.2 Å². The quantitative estimate of drug-likeness (QED) is 0.602. The van der Waals surface area contributed by atoms with E-state index in [0.29, 0.717) is 22.7 Å². The molecule has 2 aromatic carbocycles. The number of benzene rings is 2. The van der Waals surface area contributed by atoms with Crippen LogP contribution in [0.25, 0.3) is 0 Å². The van der Waals surface area contributed by atoms with Gasteiger partial charge in [-0.2, -0.15) is 0 Å². The van der Waals surface area contributed by atoms with Crippen LogP contribution in [0.4, 0.5) is 11.4 Å². The van der Waals surface area contributed by atoms with Crippen LogP contribution in [0.15, 0.2) is 48.5 Å². The van der Waals surface area contributed by atoms with E-state index in [4.69, 9.17) is 4.74 Å². The molecule has 0 radical (unpaired) electrons. The minimum absolute atomic E-state index is 0.366. The zero-order valence-electron chi connectivity index (χ0n) is 15.7. The van der Waals surface area contributed by atoms with Gasteiger partial charge in [-0.25, -0.2) is 4.79 Å². The van der Waals surface area contributed by atoms with Gasteiger partial charge in [0, 0.05) is 17.4 Å². The van der Waals surface area contributed by atoms with Gasteiger partial charge in [-0.3, -0.25) is 9.59 Å². The second-order valence-electron chi connectivity index (χ2n) is 6.33. The SMILES string of the molecule is COC(=O)c1ccc(NC(=O)C(C)(C)C(=O)Nc2cccc(OC)c2)cc1. The van der Waals surface area contributed by atoms with Crippen molar-refractivity contribution in [2.24, 2.45) is 5.41 Å². The van der Waals surface area contributed by atoms with Crippen molar-refractivity contribution in [1.29, 1.82) is 0 Å². The van der Waals surface area contributed by atoms with Gasteiger partial charge in [-0.05, 0) is 50.2 Å². The summed E-state index contributed by atoms with van der Waals surface area (Å²) in [5.41, 5.74) is 0.0347. The van der Waals surface area contributed by atoms with Crippen molar-refractivity contribution in [3.05, 3.63) is 54.1 Å². The smallest absolute Gasteiger partial charge is 0.337 e. The van der Waals surface area contributed by atoms with E-state index >= 15 is 0 Å². The van der Waals surface area contributed by atoms with E-state index in [-0.39, 0.29) is 0 Å². The minimum Gasteiger partial charge on any atom is -0.497 e. The highest BCUT2D eigenvalue weighted by atomic mass is 16.5. The molecule has 142 valence electrons. The van der Waals surface area contributed by atoms with Crippen LogP contribution in [0.5, 0.6) is 5.75 Å². The molecule has 7 heteroatoms. The molecule has 0 aliphatic rings. The van der Waals surface area contributed by atoms with Gasteiger partial charge in [0.2, 0.25) is 11.8 Å². The Labute approximate surface area is 157 Å². The number of nitrogens with one attached hydrogen (secondary N) is 2. The Hall–Kier alpha value is -3.35. The monoisotopic (exact) mass is 370 g/mol. The predicted octanol–water partition coefficient (Wildman–Crippen LogP) is 3.09. The molecule has 2 rings (SSSR count). The highest BCUT2D eigenvalue weighted by Gasteiger charge is 2.36. The van der Waals surface area contributed by atoms with Crippen LogP contribution in [0.1, 0.15) is 24.2 Å². The van der Waals surface area contributed by atoms with Crippen LogP contribution in [0.3, 0.4) is 0 Å². The summed E-state index contributed by atoms with van der Waals surface area (Å²) in [6.45, 7) is 3.06. The first-order chi connectivity index (χ1) is 12.8. The van der Waals surface area contributed by atoms with Gasteiger partial charge in [0.25, 0.3) is 0 Å². The third-order valence-electron chi connectivity index (χ3n) is 4.03. The number of carbonyl (C=O) groups is 3. The largest absolute Gasteiger partial charge is 0.497 e. The number of ether oxygens (including phenoxy) is 2. The lowest BCUT2D eigenvalue weighted by atomic mass is 9.90. The van der Waals surface area contributed by atoms with E-state index in [9.17, 15) is 14.4 Å². The second kappa shape index (κ2) is 8.35. The van der Waals surface area contributed by atoms with E-state index in [0.717, 1.165) is 0 Å². The molecule has 0 saturated heterocycles. The number of rotatable bonds is 6. The van der Waals surface area contributed by atoms with Crippen molar-refractivity contribution in [3.63, 3.8) is 0 Å². The van der Waals surface area contributed by atoms with E-state index in [1.807, 2.05) is 0 Å². The summed E-state index contributed by atoms with van der Waals surface area (Å²) < 4.78 is 9.75. The molecule has 2 N–H and O–H groups in total. The first kappa shape index (κ1) is 20.0. The first-order valence-corrected chi connectivity index (χ1v) is 8.23. The highest BCUT2D eigenvalue weighted by molar-refractivity contribution is 6.14. The Morgan fingerprint density at radius 2 is 1.44 bits per heavy atom. The van der Waals surface area contributed by atoms with E-state index in [2.05, 4.69) is 15.4 Å². The molecule has 0 aromatic heterocycles. The molecule has 2 aromatic rings. The number of hydrogen-bond acceptors (Lipinski definition) is 5. The summed E-state index contributed by atoms with van der Waals surface area (Å²) in [7, 11) is 2.82. The number of esters is 1. The third kappa shape index (κ3) is 4.84. The number of carbonyl (C=O) groups excluding carboxylic acids is 3. The van der Waals surface area contributed by atoms with Crippen LogP contribution in [-0.2, 0) is 14.3 Å². The van der Waals surface area contributed by atoms with Crippen LogP contribution >= 0.6 is 0 Å². The van der Waals surface area contributed by atoms with Gasteiger partial charge in [0.05, 0.1) is 19.8 Å². The van der Waals surface area contributed by atoms with Crippen molar-refractivity contribution in [1.82, 2.24) is 0 Å². The second-order valence-corrected chi connectivity index (χ2v) is 6.33. The van der Waals surface area contributed by atoms with Crippen LogP contribution in [-0.4, -0.2) is 32.0 Å². The predicted molar refractivity (Wildman–Crippen MR) is 102 cm³/mol. The third-order valence-corrected chi connectivity index (χ3v) is 4.03. The zero-order valence-corrected chi connectivity index (χ0v) is 15.7. The number of methoxy groups -OCH3 is 2. The zero-order chi connectivity index (χ0) is 20.0. The molecule has 0 fully saturated rings. The Morgan fingerprint density at radius 3 is 2.00 bits per heavy atom. The van der Waals surface area contributed by atoms with Crippen LogP contribution in [0.2, 0.25) is 0 Å². The molecule has 0 heterocycles. The first-order valence-electron chi connectivity index (χ1n) is 8.23. The van der Waals surface area contributed by atoms with Crippen molar-refractivity contribution in [2.75, 3.05) is 24.9 Å². The van der Waals surface area contributed by atoms with Crippen molar-refractivity contribution in [3.8, 4) is 5.75 Å². The molecule has 0 spiro atoms. The Balaban J connectivity index is 2.06. The standard InChI is InChI=1S/C20H22N2O5/c1-20(2,19(25)22-15-6-5-7-16(12-15)26-3)18(24)21-14-10-8-13(9-11-14)17(23)27-4/h5-12H,1-4H3,(H,21,24)(H,22,25). The normalized spacial score (nSPS) is 10.7. The number of amides is 2. The summed E-state index contributed by atoms with van der Waals surface area (Å²) >= 11 is 0. The average Bonchev–Trinajstić information content (AvgIpc) is 2.67. The van der Waals surface area contributed by atoms with Gasteiger partial charge in [-0.15, -0.1) is 0 Å². The summed E-state index contributed by atoms with van der Waals surface area (Å²) in [6, 6.07) is 13.1. The lowest BCUT2D eigenvalue weighted by Crippen LogP contribution is -2.41. The summed E-state index contributed by atoms with van der Waals surface area (Å²) in [4.78, 5) is 36.6. The molecule has 7 nitrogen and oxygen atoms in total. The molecule has 0 atom stereocenters. The van der Waals surface area contributed by atoms with E-state index in [1.54, 1.807) is 36.4 Å². The maximum atomic E-state index is 12.6. The number of hydrogen-bond donors (Lipinski definition) is 2. The van der Waals surface area contributed by atoms with Gasteiger partial charge in [0.1, 0.15) is 11.2 Å². The molecular formula is C20H22N2O5. The molecule has 2 amide bonds. The Kier molecular flexibility index (Phi) is 6.18. The average molecular weight is 370 g/mol. The van der Waals surface area contributed by atoms with Crippen molar-refractivity contribution < 1.29 is 23.9 Å². The van der Waals surface area contributed by atoms with Gasteiger partial charge in [0.15, 0.2) is 0 Å². The fourth-order valence-electron chi connectivity index (χ4n) is 2.19. The van der Waals surface area contributed by atoms with E-state index in [1.165, 1.54) is 40.2 Å². The molecule has 0 unspecified atom stereocenters. The van der Waals surface area contributed by atoms with Crippen molar-refractivity contribution >= 4 is 29.2 Å². The molecule has 0 aliphatic heterocycles. The van der Waals surface area contributed by atoms with Crippen LogP contribution < -0.4 is 15.4 Å². The maximum Gasteiger partial charge on any atom is 0.337 e. The highest BCUT2D eigenvalue weighted by Crippen LogP contribution is 2.23. The van der Waals surface area contributed by atoms with Gasteiger partial charge >= 0.3 is 5.97 Å². The Morgan fingerprint density at radius 1 is 0.852 bits per heavy atom. The maximum absolute atomic E-state index is 12.6. The lowest BCUT2D eigenvalue weighted by Gasteiger charge is -2.23. The number of anilines is 2. The summed E-state index contributed by atoms with van der Waals surface area (Å²) in [5, 5.41) is 5.39. The van der Waals surface area contributed by atoms with Gasteiger partial charge in [-0.1, -0.05) is 6.07 Å². The summed E-state index contributed by atoms with van der Waals surface area (Å²) in [5.74, 6) is -0.806. The van der Waals surface area contributed by atoms with Crippen molar-refractivity contribution in [2.45, 2.75) is 13.8 Å². The molecular weight excluding hydrogens is 348 g/mol. The molecule has 0 aliphatic carbocycles. The lowest BCUT2D eigenvalue weighted by molar-refractivity contribution is -0.135. The molecule has 0 saturated carbocycles.